The monoisotopic (exact) mass is 455 g/mol. The summed E-state index contributed by atoms with van der Waals surface area (Å²) in [5.41, 5.74) is 3.96. The molecule has 0 spiro atoms. The van der Waals surface area contributed by atoms with Crippen molar-refractivity contribution in [3.63, 3.8) is 0 Å². The molecule has 6 heteroatoms. The Labute approximate surface area is 192 Å². The summed E-state index contributed by atoms with van der Waals surface area (Å²) in [5.74, 6) is 1.83. The third-order valence-corrected chi connectivity index (χ3v) is 5.82. The van der Waals surface area contributed by atoms with Crippen molar-refractivity contribution in [1.29, 1.82) is 0 Å². The molecule has 0 fully saturated rings. The van der Waals surface area contributed by atoms with Crippen LogP contribution in [0.4, 0.5) is 0 Å². The van der Waals surface area contributed by atoms with E-state index in [1.54, 1.807) is 24.3 Å². The van der Waals surface area contributed by atoms with Crippen molar-refractivity contribution < 1.29 is 14.3 Å². The van der Waals surface area contributed by atoms with Crippen molar-refractivity contribution in [2.45, 2.75) is 26.2 Å². The lowest BCUT2D eigenvalue weighted by Crippen LogP contribution is -2.25. The number of carbonyl (C=O) groups is 1. The van der Waals surface area contributed by atoms with Crippen molar-refractivity contribution in [2.24, 2.45) is 0 Å². The van der Waals surface area contributed by atoms with Crippen molar-refractivity contribution in [3.05, 3.63) is 86.9 Å². The van der Waals surface area contributed by atoms with Crippen LogP contribution >= 0.6 is 23.2 Å². The molecule has 1 aliphatic heterocycles. The molecule has 0 saturated carbocycles. The molecule has 31 heavy (non-hydrogen) atoms. The van der Waals surface area contributed by atoms with Gasteiger partial charge in [-0.1, -0.05) is 29.3 Å². The van der Waals surface area contributed by atoms with Crippen molar-refractivity contribution in [2.75, 3.05) is 13.2 Å². The summed E-state index contributed by atoms with van der Waals surface area (Å²) in [4.78, 5) is 12.4. The minimum atomic E-state index is -0.127. The van der Waals surface area contributed by atoms with Gasteiger partial charge in [-0.05, 0) is 85.3 Å². The predicted molar refractivity (Wildman–Crippen MR) is 124 cm³/mol. The topological polar surface area (TPSA) is 47.6 Å². The van der Waals surface area contributed by atoms with Crippen LogP contribution in [-0.2, 0) is 12.8 Å². The van der Waals surface area contributed by atoms with E-state index in [0.717, 1.165) is 41.2 Å². The Bertz CT molecular complexity index is 1100. The summed E-state index contributed by atoms with van der Waals surface area (Å²) in [6, 6.07) is 16.5. The van der Waals surface area contributed by atoms with Gasteiger partial charge in [0.05, 0.1) is 11.6 Å². The van der Waals surface area contributed by atoms with Crippen LogP contribution in [0.3, 0.4) is 0 Å². The number of aryl methyl sites for hydroxylation is 2. The number of amides is 1. The molecule has 0 radical (unpaired) electrons. The Morgan fingerprint density at radius 3 is 2.68 bits per heavy atom. The first-order chi connectivity index (χ1) is 15.0. The van der Waals surface area contributed by atoms with Gasteiger partial charge in [0, 0.05) is 23.2 Å². The molecule has 0 saturated heterocycles. The zero-order valence-electron chi connectivity index (χ0n) is 17.2. The SMILES string of the molecule is Cc1cc(Cl)ccc1CCNC(=O)c1ccc(Oc2cc3c(cc2Cl)CCCO3)cc1. The van der Waals surface area contributed by atoms with E-state index in [0.29, 0.717) is 35.2 Å². The highest BCUT2D eigenvalue weighted by atomic mass is 35.5. The fraction of sp³-hybridized carbons (Fsp3) is 0.240. The fourth-order valence-corrected chi connectivity index (χ4v) is 4.03. The van der Waals surface area contributed by atoms with Crippen LogP contribution in [0.1, 0.15) is 33.5 Å². The number of rotatable bonds is 6. The fourth-order valence-electron chi connectivity index (χ4n) is 3.58. The van der Waals surface area contributed by atoms with Crippen LogP contribution in [0.2, 0.25) is 10.0 Å². The first kappa shape index (κ1) is 21.5. The van der Waals surface area contributed by atoms with E-state index in [4.69, 9.17) is 32.7 Å². The van der Waals surface area contributed by atoms with Crippen LogP contribution < -0.4 is 14.8 Å². The number of carbonyl (C=O) groups excluding carboxylic acids is 1. The number of ether oxygens (including phenoxy) is 2. The van der Waals surface area contributed by atoms with Crippen LogP contribution in [-0.4, -0.2) is 19.1 Å². The normalized spacial score (nSPS) is 12.6. The molecule has 0 unspecified atom stereocenters. The summed E-state index contributed by atoms with van der Waals surface area (Å²) in [6.45, 7) is 3.27. The lowest BCUT2D eigenvalue weighted by Gasteiger charge is -2.19. The number of nitrogens with one attached hydrogen (secondary N) is 1. The molecule has 1 amide bonds. The van der Waals surface area contributed by atoms with Gasteiger partial charge in [-0.2, -0.15) is 0 Å². The molecular formula is C25H23Cl2NO3. The minimum Gasteiger partial charge on any atom is -0.493 e. The second kappa shape index (κ2) is 9.63. The van der Waals surface area contributed by atoms with Gasteiger partial charge in [0.1, 0.15) is 17.2 Å². The first-order valence-electron chi connectivity index (χ1n) is 10.3. The molecule has 1 N–H and O–H groups in total. The molecule has 3 aromatic carbocycles. The highest BCUT2D eigenvalue weighted by Crippen LogP contribution is 2.37. The Balaban J connectivity index is 1.35. The predicted octanol–water partition coefficient (Wildman–Crippen LogP) is 6.39. The summed E-state index contributed by atoms with van der Waals surface area (Å²) in [7, 11) is 0. The molecule has 0 aliphatic carbocycles. The van der Waals surface area contributed by atoms with Gasteiger partial charge in [-0.25, -0.2) is 0 Å². The maximum atomic E-state index is 12.4. The van der Waals surface area contributed by atoms with E-state index in [2.05, 4.69) is 5.32 Å². The summed E-state index contributed by atoms with van der Waals surface area (Å²) < 4.78 is 11.6. The highest BCUT2D eigenvalue weighted by molar-refractivity contribution is 6.32. The third kappa shape index (κ3) is 5.33. The number of halogens is 2. The van der Waals surface area contributed by atoms with Crippen molar-refractivity contribution >= 4 is 29.1 Å². The molecule has 160 valence electrons. The largest absolute Gasteiger partial charge is 0.493 e. The molecule has 0 bridgehead atoms. The van der Waals surface area contributed by atoms with Gasteiger partial charge in [-0.15, -0.1) is 0 Å². The van der Waals surface area contributed by atoms with Crippen molar-refractivity contribution in [1.82, 2.24) is 5.32 Å². The molecule has 1 aliphatic rings. The van der Waals surface area contributed by atoms with Gasteiger partial charge < -0.3 is 14.8 Å². The highest BCUT2D eigenvalue weighted by Gasteiger charge is 2.15. The van der Waals surface area contributed by atoms with Crippen molar-refractivity contribution in [3.8, 4) is 17.2 Å². The number of hydrogen-bond donors (Lipinski definition) is 1. The number of fused-ring (bicyclic) bond motifs is 1. The summed E-state index contributed by atoms with van der Waals surface area (Å²) >= 11 is 12.4. The van der Waals surface area contributed by atoms with Crippen LogP contribution in [0.15, 0.2) is 54.6 Å². The zero-order valence-corrected chi connectivity index (χ0v) is 18.7. The van der Waals surface area contributed by atoms with Gasteiger partial charge in [0.2, 0.25) is 0 Å². The third-order valence-electron chi connectivity index (χ3n) is 5.29. The van der Waals surface area contributed by atoms with Gasteiger partial charge >= 0.3 is 0 Å². The maximum Gasteiger partial charge on any atom is 0.251 e. The second-order valence-electron chi connectivity index (χ2n) is 7.55. The first-order valence-corrected chi connectivity index (χ1v) is 11.0. The van der Waals surface area contributed by atoms with Gasteiger partial charge in [0.25, 0.3) is 5.91 Å². The molecule has 0 aromatic heterocycles. The van der Waals surface area contributed by atoms with E-state index >= 15 is 0 Å². The second-order valence-corrected chi connectivity index (χ2v) is 8.39. The summed E-state index contributed by atoms with van der Waals surface area (Å²) in [5, 5.41) is 4.22. The molecule has 3 aromatic rings. The zero-order chi connectivity index (χ0) is 21.8. The Morgan fingerprint density at radius 1 is 1.10 bits per heavy atom. The van der Waals surface area contributed by atoms with E-state index in [1.807, 2.05) is 37.3 Å². The lowest BCUT2D eigenvalue weighted by molar-refractivity contribution is 0.0954. The van der Waals surface area contributed by atoms with E-state index in [9.17, 15) is 4.79 Å². The van der Waals surface area contributed by atoms with Crippen LogP contribution in [0.5, 0.6) is 17.2 Å². The molecule has 4 nitrogen and oxygen atoms in total. The van der Waals surface area contributed by atoms with E-state index in [-0.39, 0.29) is 5.91 Å². The quantitative estimate of drug-likeness (QED) is 0.468. The molecule has 4 rings (SSSR count). The summed E-state index contributed by atoms with van der Waals surface area (Å²) in [6.07, 6.45) is 2.69. The van der Waals surface area contributed by atoms with Crippen LogP contribution in [0, 0.1) is 6.92 Å². The Morgan fingerprint density at radius 2 is 1.90 bits per heavy atom. The number of benzene rings is 3. The Hall–Kier alpha value is -2.69. The minimum absolute atomic E-state index is 0.127. The molecule has 0 atom stereocenters. The average molecular weight is 456 g/mol. The maximum absolute atomic E-state index is 12.4. The number of hydrogen-bond acceptors (Lipinski definition) is 3. The lowest BCUT2D eigenvalue weighted by atomic mass is 10.1. The van der Waals surface area contributed by atoms with Gasteiger partial charge in [0.15, 0.2) is 0 Å². The smallest absolute Gasteiger partial charge is 0.251 e. The Kier molecular flexibility index (Phi) is 6.69. The van der Waals surface area contributed by atoms with Gasteiger partial charge in [-0.3, -0.25) is 4.79 Å². The van der Waals surface area contributed by atoms with Crippen LogP contribution in [0.25, 0.3) is 0 Å². The van der Waals surface area contributed by atoms with E-state index < -0.39 is 0 Å². The molecular weight excluding hydrogens is 433 g/mol. The standard InChI is InChI=1S/C25H23Cl2NO3/c1-16-13-20(26)7-4-17(16)10-11-28-25(29)18-5-8-21(9-6-18)31-24-15-23-19(14-22(24)27)3-2-12-30-23/h4-9,13-15H,2-3,10-12H2,1H3,(H,28,29). The van der Waals surface area contributed by atoms with E-state index in [1.165, 1.54) is 5.56 Å². The average Bonchev–Trinajstić information content (AvgIpc) is 2.76. The molecule has 1 heterocycles.